The summed E-state index contributed by atoms with van der Waals surface area (Å²) in [6.07, 6.45) is -1.32. The second kappa shape index (κ2) is 6.92. The van der Waals surface area contributed by atoms with Crippen molar-refractivity contribution in [3.63, 3.8) is 0 Å². The number of aliphatic hydroxyl groups excluding tert-OH is 3. The Labute approximate surface area is 165 Å². The molecule has 0 spiro atoms. The molecule has 0 aromatic carbocycles. The fourth-order valence-corrected chi connectivity index (χ4v) is 5.45. The summed E-state index contributed by atoms with van der Waals surface area (Å²) in [5.41, 5.74) is 1.08. The summed E-state index contributed by atoms with van der Waals surface area (Å²) >= 11 is 0. The summed E-state index contributed by atoms with van der Waals surface area (Å²) in [4.78, 5) is 12.0. The van der Waals surface area contributed by atoms with Crippen LogP contribution in [0.4, 0.5) is 0 Å². The van der Waals surface area contributed by atoms with Crippen LogP contribution in [0.3, 0.4) is 0 Å². The first-order valence-electron chi connectivity index (χ1n) is 10.1. The van der Waals surface area contributed by atoms with E-state index in [1.54, 1.807) is 6.92 Å². The zero-order valence-corrected chi connectivity index (χ0v) is 16.6. The van der Waals surface area contributed by atoms with E-state index in [1.807, 2.05) is 13.0 Å². The molecule has 3 N–H and O–H groups in total. The van der Waals surface area contributed by atoms with E-state index in [0.29, 0.717) is 12.0 Å². The van der Waals surface area contributed by atoms with E-state index in [9.17, 15) is 20.1 Å². The molecule has 4 rings (SSSR count). The van der Waals surface area contributed by atoms with Gasteiger partial charge in [-0.05, 0) is 57.9 Å². The van der Waals surface area contributed by atoms with E-state index in [2.05, 4.69) is 13.5 Å². The van der Waals surface area contributed by atoms with Gasteiger partial charge in [0.05, 0.1) is 11.7 Å². The number of hydrogen-bond donors (Lipinski definition) is 3. The molecule has 0 bridgehead atoms. The largest absolute Gasteiger partial charge is 0.454 e. The van der Waals surface area contributed by atoms with Gasteiger partial charge >= 0.3 is 5.97 Å². The minimum Gasteiger partial charge on any atom is -0.454 e. The molecule has 0 aromatic rings. The number of esters is 1. The third kappa shape index (κ3) is 3.04. The molecule has 7 nitrogen and oxygen atoms in total. The van der Waals surface area contributed by atoms with Crippen molar-refractivity contribution in [1.29, 1.82) is 0 Å². The number of fused-ring (bicyclic) bond motifs is 2. The molecule has 28 heavy (non-hydrogen) atoms. The lowest BCUT2D eigenvalue weighted by molar-refractivity contribution is -0.323. The van der Waals surface area contributed by atoms with E-state index in [4.69, 9.17) is 14.2 Å². The van der Waals surface area contributed by atoms with Crippen molar-refractivity contribution in [2.45, 2.75) is 82.4 Å². The van der Waals surface area contributed by atoms with Gasteiger partial charge in [0.1, 0.15) is 24.4 Å². The van der Waals surface area contributed by atoms with Gasteiger partial charge in [0.25, 0.3) is 0 Å². The van der Waals surface area contributed by atoms with Crippen LogP contribution in [0.2, 0.25) is 0 Å². The van der Waals surface area contributed by atoms with Gasteiger partial charge in [-0.1, -0.05) is 12.2 Å². The number of allylic oxidation sites excluding steroid dienone is 1. The molecule has 0 aromatic heterocycles. The lowest BCUT2D eigenvalue weighted by Gasteiger charge is -2.44. The van der Waals surface area contributed by atoms with Gasteiger partial charge < -0.3 is 29.5 Å². The highest BCUT2D eigenvalue weighted by atomic mass is 16.7. The van der Waals surface area contributed by atoms with Crippen LogP contribution in [0.1, 0.15) is 40.0 Å². The Morgan fingerprint density at radius 2 is 1.93 bits per heavy atom. The fourth-order valence-electron chi connectivity index (χ4n) is 5.45. The van der Waals surface area contributed by atoms with Crippen LogP contribution in [-0.2, 0) is 19.0 Å². The highest BCUT2D eigenvalue weighted by Crippen LogP contribution is 2.53. The normalized spacial score (nSPS) is 51.2. The Morgan fingerprint density at radius 3 is 2.64 bits per heavy atom. The average molecular weight is 394 g/mol. The van der Waals surface area contributed by atoms with Crippen LogP contribution >= 0.6 is 0 Å². The molecule has 2 aliphatic carbocycles. The first-order valence-corrected chi connectivity index (χ1v) is 10.1. The maximum atomic E-state index is 12.0. The van der Waals surface area contributed by atoms with Gasteiger partial charge in [0.2, 0.25) is 0 Å². The number of rotatable bonds is 2. The Morgan fingerprint density at radius 1 is 1.21 bits per heavy atom. The first-order chi connectivity index (χ1) is 13.1. The summed E-state index contributed by atoms with van der Waals surface area (Å²) in [5.74, 6) is -0.0343. The van der Waals surface area contributed by atoms with Crippen LogP contribution in [0, 0.1) is 17.8 Å². The third-order valence-electron chi connectivity index (χ3n) is 7.28. The van der Waals surface area contributed by atoms with E-state index >= 15 is 0 Å². The molecule has 10 atom stereocenters. The predicted molar refractivity (Wildman–Crippen MR) is 98.9 cm³/mol. The van der Waals surface area contributed by atoms with Gasteiger partial charge in [0.15, 0.2) is 6.29 Å². The fraction of sp³-hybridized carbons (Fsp3) is 0.762. The lowest BCUT2D eigenvalue weighted by Crippen LogP contribution is -2.59. The lowest BCUT2D eigenvalue weighted by atomic mass is 9.78. The number of carbonyl (C=O) groups excluding carboxylic acids is 1. The molecular formula is C21H30O7. The number of carbonyl (C=O) groups is 1. The standard InChI is InChI=1S/C21H30O7/c1-9-7-15-13(10(2)19(25)27-15)8-14-12(9)5-6-21(14,4)28-20-18(24)17(23)16(22)11(3)26-20/h7,11-18,20,22-24H,2,5-6,8H2,1,3-4H3. The van der Waals surface area contributed by atoms with E-state index in [0.717, 1.165) is 12.8 Å². The van der Waals surface area contributed by atoms with Crippen LogP contribution in [0.5, 0.6) is 0 Å². The number of ether oxygens (including phenoxy) is 3. The highest BCUT2D eigenvalue weighted by molar-refractivity contribution is 5.91. The summed E-state index contributed by atoms with van der Waals surface area (Å²) in [6, 6.07) is 0. The molecule has 3 fully saturated rings. The van der Waals surface area contributed by atoms with Gasteiger partial charge in [-0.2, -0.15) is 0 Å². The first kappa shape index (κ1) is 20.0. The molecule has 10 unspecified atom stereocenters. The van der Waals surface area contributed by atoms with E-state index in [-0.39, 0.29) is 29.8 Å². The molecular weight excluding hydrogens is 364 g/mol. The van der Waals surface area contributed by atoms with Crippen LogP contribution in [0.25, 0.3) is 0 Å². The second-order valence-electron chi connectivity index (χ2n) is 9.01. The molecule has 0 amide bonds. The van der Waals surface area contributed by atoms with Crippen molar-refractivity contribution in [2.75, 3.05) is 0 Å². The zero-order chi connectivity index (χ0) is 20.4. The Hall–Kier alpha value is -1.25. The molecule has 2 heterocycles. The minimum absolute atomic E-state index is 0.0815. The zero-order valence-electron chi connectivity index (χ0n) is 16.6. The van der Waals surface area contributed by atoms with E-state index < -0.39 is 36.3 Å². The van der Waals surface area contributed by atoms with Crippen LogP contribution in [-0.4, -0.2) is 63.7 Å². The predicted octanol–water partition coefficient (Wildman–Crippen LogP) is 1.06. The Bertz CT molecular complexity index is 703. The van der Waals surface area contributed by atoms with Crippen molar-refractivity contribution in [1.82, 2.24) is 0 Å². The molecule has 0 radical (unpaired) electrons. The Kier molecular flexibility index (Phi) is 4.95. The van der Waals surface area contributed by atoms with Crippen LogP contribution in [0.15, 0.2) is 23.8 Å². The van der Waals surface area contributed by atoms with Gasteiger partial charge in [-0.25, -0.2) is 4.79 Å². The monoisotopic (exact) mass is 394 g/mol. The quantitative estimate of drug-likeness (QED) is 0.365. The van der Waals surface area contributed by atoms with Crippen molar-refractivity contribution < 1.29 is 34.3 Å². The highest BCUT2D eigenvalue weighted by Gasteiger charge is 2.54. The molecule has 2 aliphatic heterocycles. The van der Waals surface area contributed by atoms with Gasteiger partial charge in [-0.3, -0.25) is 0 Å². The Balaban J connectivity index is 1.58. The molecule has 2 saturated heterocycles. The molecule has 1 saturated carbocycles. The maximum absolute atomic E-state index is 12.0. The summed E-state index contributed by atoms with van der Waals surface area (Å²) < 4.78 is 17.5. The van der Waals surface area contributed by atoms with Gasteiger partial charge in [0, 0.05) is 11.5 Å². The molecule has 7 heteroatoms. The van der Waals surface area contributed by atoms with Crippen LogP contribution < -0.4 is 0 Å². The van der Waals surface area contributed by atoms with Crippen molar-refractivity contribution in [2.24, 2.45) is 17.8 Å². The third-order valence-corrected chi connectivity index (χ3v) is 7.28. The van der Waals surface area contributed by atoms with Crippen molar-refractivity contribution in [3.8, 4) is 0 Å². The smallest absolute Gasteiger partial charge is 0.334 e. The van der Waals surface area contributed by atoms with Crippen molar-refractivity contribution in [3.05, 3.63) is 23.8 Å². The molecule has 4 aliphatic rings. The van der Waals surface area contributed by atoms with Crippen molar-refractivity contribution >= 4 is 5.97 Å². The molecule has 156 valence electrons. The van der Waals surface area contributed by atoms with E-state index in [1.165, 1.54) is 5.57 Å². The topological polar surface area (TPSA) is 105 Å². The SMILES string of the molecule is C=C1C(=O)OC2C=C(C)C3CCC(C)(OC4OC(C)C(O)C(O)C4O)C3CC12. The summed E-state index contributed by atoms with van der Waals surface area (Å²) in [7, 11) is 0. The maximum Gasteiger partial charge on any atom is 0.334 e. The minimum atomic E-state index is -1.33. The summed E-state index contributed by atoms with van der Waals surface area (Å²) in [6.45, 7) is 9.65. The second-order valence-corrected chi connectivity index (χ2v) is 9.01. The number of aliphatic hydroxyl groups is 3. The summed E-state index contributed by atoms with van der Waals surface area (Å²) in [5, 5.41) is 30.4. The average Bonchev–Trinajstić information content (AvgIpc) is 3.04. The van der Waals surface area contributed by atoms with Gasteiger partial charge in [-0.15, -0.1) is 0 Å². The number of hydrogen-bond acceptors (Lipinski definition) is 7.